The second kappa shape index (κ2) is 7.08. The van der Waals surface area contributed by atoms with E-state index in [0.29, 0.717) is 0 Å². The standard InChI is InChI=1S/C18H16O/c1-19-18-14-12-17(13-15-18)11-7-3-6-10-16-8-4-2-5-9-16/h2-6,8-9,12-15H,10H2,1H3/b6-3-. The monoisotopic (exact) mass is 248 g/mol. The Morgan fingerprint density at radius 1 is 1.00 bits per heavy atom. The van der Waals surface area contributed by atoms with Crippen LogP contribution in [0.25, 0.3) is 0 Å². The number of ether oxygens (including phenoxy) is 1. The minimum atomic E-state index is 0.852. The molecule has 2 aromatic rings. The SMILES string of the molecule is COc1ccc(C#C/C=C\Cc2ccccc2)cc1. The molecule has 0 atom stereocenters. The first-order valence-corrected chi connectivity index (χ1v) is 6.23. The van der Waals surface area contributed by atoms with E-state index in [4.69, 9.17) is 4.74 Å². The Bertz CT molecular complexity index is 583. The van der Waals surface area contributed by atoms with Crippen LogP contribution in [0.3, 0.4) is 0 Å². The topological polar surface area (TPSA) is 9.23 Å². The van der Waals surface area contributed by atoms with Crippen molar-refractivity contribution in [1.29, 1.82) is 0 Å². The van der Waals surface area contributed by atoms with Gasteiger partial charge in [0.2, 0.25) is 0 Å². The Balaban J connectivity index is 1.89. The molecule has 1 nitrogen and oxygen atoms in total. The van der Waals surface area contributed by atoms with Crippen LogP contribution in [0.2, 0.25) is 0 Å². The third-order valence-electron chi connectivity index (χ3n) is 2.70. The number of allylic oxidation sites excluding steroid dienone is 2. The molecule has 0 amide bonds. The summed E-state index contributed by atoms with van der Waals surface area (Å²) < 4.78 is 5.10. The van der Waals surface area contributed by atoms with Crippen LogP contribution in [0.5, 0.6) is 5.75 Å². The third-order valence-corrected chi connectivity index (χ3v) is 2.70. The fraction of sp³-hybridized carbons (Fsp3) is 0.111. The van der Waals surface area contributed by atoms with Gasteiger partial charge in [-0.25, -0.2) is 0 Å². The van der Waals surface area contributed by atoms with Crippen molar-refractivity contribution in [1.82, 2.24) is 0 Å². The van der Waals surface area contributed by atoms with Crippen LogP contribution in [0.15, 0.2) is 66.7 Å². The fourth-order valence-electron chi connectivity index (χ4n) is 1.67. The summed E-state index contributed by atoms with van der Waals surface area (Å²) in [7, 11) is 1.66. The molecule has 0 unspecified atom stereocenters. The minimum Gasteiger partial charge on any atom is -0.497 e. The molecule has 0 spiro atoms. The molecule has 0 aromatic heterocycles. The van der Waals surface area contributed by atoms with Crippen LogP contribution in [-0.4, -0.2) is 7.11 Å². The Morgan fingerprint density at radius 2 is 1.74 bits per heavy atom. The quantitative estimate of drug-likeness (QED) is 0.750. The van der Waals surface area contributed by atoms with E-state index in [1.807, 2.05) is 48.5 Å². The fourth-order valence-corrected chi connectivity index (χ4v) is 1.67. The van der Waals surface area contributed by atoms with Gasteiger partial charge in [-0.3, -0.25) is 0 Å². The highest BCUT2D eigenvalue weighted by atomic mass is 16.5. The molecule has 19 heavy (non-hydrogen) atoms. The lowest BCUT2D eigenvalue weighted by Crippen LogP contribution is -1.81. The second-order valence-electron chi connectivity index (χ2n) is 4.09. The van der Waals surface area contributed by atoms with E-state index < -0.39 is 0 Å². The largest absolute Gasteiger partial charge is 0.497 e. The Hall–Kier alpha value is -2.46. The van der Waals surface area contributed by atoms with Gasteiger partial charge in [-0.05, 0) is 42.3 Å². The predicted molar refractivity (Wildman–Crippen MR) is 79.2 cm³/mol. The van der Waals surface area contributed by atoms with Gasteiger partial charge in [-0.2, -0.15) is 0 Å². The van der Waals surface area contributed by atoms with E-state index in [-0.39, 0.29) is 0 Å². The van der Waals surface area contributed by atoms with E-state index in [1.54, 1.807) is 7.11 Å². The van der Waals surface area contributed by atoms with Crippen molar-refractivity contribution in [3.8, 4) is 17.6 Å². The zero-order chi connectivity index (χ0) is 13.3. The molecule has 0 bridgehead atoms. The van der Waals surface area contributed by atoms with Gasteiger partial charge in [-0.15, -0.1) is 0 Å². The molecule has 0 aliphatic heterocycles. The second-order valence-corrected chi connectivity index (χ2v) is 4.09. The van der Waals surface area contributed by atoms with Crippen molar-refractivity contribution in [3.05, 3.63) is 77.9 Å². The number of hydrogen-bond acceptors (Lipinski definition) is 1. The van der Waals surface area contributed by atoms with Gasteiger partial charge in [0.05, 0.1) is 7.11 Å². The van der Waals surface area contributed by atoms with Crippen molar-refractivity contribution in [2.24, 2.45) is 0 Å². The predicted octanol–water partition coefficient (Wildman–Crippen LogP) is 3.85. The molecule has 0 saturated carbocycles. The Labute approximate surface area is 114 Å². The molecular formula is C18H16O. The van der Waals surface area contributed by atoms with Crippen molar-refractivity contribution < 1.29 is 4.74 Å². The summed E-state index contributed by atoms with van der Waals surface area (Å²) in [6.45, 7) is 0. The first-order chi connectivity index (χ1) is 9.38. The van der Waals surface area contributed by atoms with Crippen molar-refractivity contribution in [2.45, 2.75) is 6.42 Å². The molecule has 0 radical (unpaired) electrons. The maximum atomic E-state index is 5.10. The summed E-state index contributed by atoms with van der Waals surface area (Å²) in [6.07, 6.45) is 4.89. The zero-order valence-corrected chi connectivity index (χ0v) is 11.0. The van der Waals surface area contributed by atoms with Gasteiger partial charge in [-0.1, -0.05) is 48.2 Å². The maximum absolute atomic E-state index is 5.10. The number of rotatable bonds is 3. The van der Waals surface area contributed by atoms with Crippen LogP contribution in [-0.2, 0) is 6.42 Å². The molecule has 0 N–H and O–H groups in total. The first kappa shape index (κ1) is 13.0. The average molecular weight is 248 g/mol. The van der Waals surface area contributed by atoms with E-state index >= 15 is 0 Å². The van der Waals surface area contributed by atoms with Crippen LogP contribution in [0.4, 0.5) is 0 Å². The Morgan fingerprint density at radius 3 is 2.42 bits per heavy atom. The lowest BCUT2D eigenvalue weighted by Gasteiger charge is -1.97. The van der Waals surface area contributed by atoms with Gasteiger partial charge in [0.25, 0.3) is 0 Å². The molecule has 0 fully saturated rings. The third kappa shape index (κ3) is 4.37. The summed E-state index contributed by atoms with van der Waals surface area (Å²) in [5.41, 5.74) is 2.29. The lowest BCUT2D eigenvalue weighted by molar-refractivity contribution is 0.415. The van der Waals surface area contributed by atoms with Crippen LogP contribution in [0, 0.1) is 11.8 Å². The van der Waals surface area contributed by atoms with Crippen molar-refractivity contribution >= 4 is 0 Å². The highest BCUT2D eigenvalue weighted by Gasteiger charge is 1.89. The van der Waals surface area contributed by atoms with Crippen molar-refractivity contribution in [3.63, 3.8) is 0 Å². The number of hydrogen-bond donors (Lipinski definition) is 0. The molecule has 1 heteroatoms. The van der Waals surface area contributed by atoms with E-state index in [0.717, 1.165) is 17.7 Å². The van der Waals surface area contributed by atoms with Gasteiger partial charge in [0, 0.05) is 5.56 Å². The maximum Gasteiger partial charge on any atom is 0.118 e. The molecule has 0 heterocycles. The number of methoxy groups -OCH3 is 1. The van der Waals surface area contributed by atoms with Crippen molar-refractivity contribution in [2.75, 3.05) is 7.11 Å². The van der Waals surface area contributed by atoms with E-state index in [1.165, 1.54) is 5.56 Å². The zero-order valence-electron chi connectivity index (χ0n) is 11.0. The average Bonchev–Trinajstić information content (AvgIpc) is 2.49. The van der Waals surface area contributed by atoms with E-state index in [9.17, 15) is 0 Å². The van der Waals surface area contributed by atoms with Crippen LogP contribution in [0.1, 0.15) is 11.1 Å². The number of benzene rings is 2. The molecule has 2 aromatic carbocycles. The molecule has 2 rings (SSSR count). The highest BCUT2D eigenvalue weighted by Crippen LogP contribution is 2.10. The summed E-state index contributed by atoms with van der Waals surface area (Å²) >= 11 is 0. The molecule has 0 aliphatic rings. The van der Waals surface area contributed by atoms with Crippen LogP contribution < -0.4 is 4.74 Å². The lowest BCUT2D eigenvalue weighted by atomic mass is 10.1. The van der Waals surface area contributed by atoms with Crippen LogP contribution >= 0.6 is 0 Å². The van der Waals surface area contributed by atoms with Gasteiger partial charge >= 0.3 is 0 Å². The minimum absolute atomic E-state index is 0.852. The molecule has 0 aliphatic carbocycles. The summed E-state index contributed by atoms with van der Waals surface area (Å²) in [4.78, 5) is 0. The van der Waals surface area contributed by atoms with Gasteiger partial charge in [0.1, 0.15) is 5.75 Å². The van der Waals surface area contributed by atoms with Gasteiger partial charge in [0.15, 0.2) is 0 Å². The Kier molecular flexibility index (Phi) is 4.84. The molecule has 0 saturated heterocycles. The molecule has 94 valence electrons. The smallest absolute Gasteiger partial charge is 0.118 e. The highest BCUT2D eigenvalue weighted by molar-refractivity contribution is 5.40. The summed E-state index contributed by atoms with van der Waals surface area (Å²) in [5.74, 6) is 6.98. The normalized spacial score (nSPS) is 9.95. The summed E-state index contributed by atoms with van der Waals surface area (Å²) in [6, 6.07) is 18.1. The van der Waals surface area contributed by atoms with Gasteiger partial charge < -0.3 is 4.74 Å². The van der Waals surface area contributed by atoms with E-state index in [2.05, 4.69) is 30.0 Å². The first-order valence-electron chi connectivity index (χ1n) is 6.23. The summed E-state index contributed by atoms with van der Waals surface area (Å²) in [5, 5.41) is 0. The molecular weight excluding hydrogens is 232 g/mol.